The molecule has 0 aliphatic carbocycles. The zero-order chi connectivity index (χ0) is 14.0. The SMILES string of the molecule is CCNc1nc(N)c(C(=O)N2CCOC(C)(C)C2)s1. The number of nitrogens with zero attached hydrogens (tertiary/aromatic N) is 2. The quantitative estimate of drug-likeness (QED) is 0.877. The van der Waals surface area contributed by atoms with Gasteiger partial charge in [-0.15, -0.1) is 0 Å². The first-order chi connectivity index (χ1) is 8.93. The molecule has 0 radical (unpaired) electrons. The number of ether oxygens (including phenoxy) is 1. The summed E-state index contributed by atoms with van der Waals surface area (Å²) in [6.45, 7) is 8.40. The molecular weight excluding hydrogens is 264 g/mol. The fourth-order valence-electron chi connectivity index (χ4n) is 2.05. The van der Waals surface area contributed by atoms with E-state index in [-0.39, 0.29) is 11.5 Å². The molecule has 1 aliphatic heterocycles. The Kier molecular flexibility index (Phi) is 3.96. The van der Waals surface area contributed by atoms with Crippen LogP contribution < -0.4 is 11.1 Å². The van der Waals surface area contributed by atoms with E-state index >= 15 is 0 Å². The Morgan fingerprint density at radius 2 is 2.37 bits per heavy atom. The highest BCUT2D eigenvalue weighted by molar-refractivity contribution is 7.18. The molecule has 2 heterocycles. The molecule has 0 saturated carbocycles. The normalized spacial score (nSPS) is 18.4. The van der Waals surface area contributed by atoms with Crippen LogP contribution >= 0.6 is 11.3 Å². The van der Waals surface area contributed by atoms with Crippen molar-refractivity contribution < 1.29 is 9.53 Å². The van der Waals surface area contributed by atoms with Crippen LogP contribution in [0.1, 0.15) is 30.4 Å². The Hall–Kier alpha value is -1.34. The number of nitrogen functional groups attached to an aromatic ring is 1. The van der Waals surface area contributed by atoms with Gasteiger partial charge in [0.15, 0.2) is 5.13 Å². The predicted octanol–water partition coefficient (Wildman–Crippen LogP) is 1.41. The second-order valence-corrected chi connectivity index (χ2v) is 6.10. The Morgan fingerprint density at radius 3 is 3.00 bits per heavy atom. The van der Waals surface area contributed by atoms with Crippen molar-refractivity contribution in [1.82, 2.24) is 9.88 Å². The van der Waals surface area contributed by atoms with Gasteiger partial charge in [-0.1, -0.05) is 11.3 Å². The molecule has 1 aromatic rings. The number of carbonyl (C=O) groups is 1. The van der Waals surface area contributed by atoms with E-state index in [4.69, 9.17) is 10.5 Å². The molecule has 1 saturated heterocycles. The summed E-state index contributed by atoms with van der Waals surface area (Å²) in [6.07, 6.45) is 0. The van der Waals surface area contributed by atoms with Gasteiger partial charge in [0, 0.05) is 19.6 Å². The maximum atomic E-state index is 12.5. The topological polar surface area (TPSA) is 80.5 Å². The first-order valence-electron chi connectivity index (χ1n) is 6.36. The lowest BCUT2D eigenvalue weighted by molar-refractivity contribution is -0.0762. The van der Waals surface area contributed by atoms with Crippen molar-refractivity contribution in [2.45, 2.75) is 26.4 Å². The van der Waals surface area contributed by atoms with Crippen LogP contribution in [0.15, 0.2) is 0 Å². The van der Waals surface area contributed by atoms with Gasteiger partial charge in [-0.2, -0.15) is 0 Å². The lowest BCUT2D eigenvalue weighted by Gasteiger charge is -2.37. The highest BCUT2D eigenvalue weighted by Crippen LogP contribution is 2.28. The second-order valence-electron chi connectivity index (χ2n) is 5.10. The zero-order valence-electron chi connectivity index (χ0n) is 11.5. The second kappa shape index (κ2) is 5.34. The van der Waals surface area contributed by atoms with E-state index in [1.165, 1.54) is 11.3 Å². The number of amides is 1. The summed E-state index contributed by atoms with van der Waals surface area (Å²) in [7, 11) is 0. The smallest absolute Gasteiger partial charge is 0.268 e. The average molecular weight is 284 g/mol. The standard InChI is InChI=1S/C12H20N4O2S/c1-4-14-11-15-9(13)8(19-11)10(17)16-5-6-18-12(2,3)7-16/h4-7,13H2,1-3H3,(H,14,15). The van der Waals surface area contributed by atoms with E-state index in [9.17, 15) is 4.79 Å². The molecule has 0 bridgehead atoms. The van der Waals surface area contributed by atoms with Crippen molar-refractivity contribution in [3.05, 3.63) is 4.88 Å². The van der Waals surface area contributed by atoms with Crippen molar-refractivity contribution in [3.8, 4) is 0 Å². The molecule has 6 nitrogen and oxygen atoms in total. The van der Waals surface area contributed by atoms with Gasteiger partial charge in [-0.3, -0.25) is 4.79 Å². The number of hydrogen-bond donors (Lipinski definition) is 2. The minimum Gasteiger partial charge on any atom is -0.382 e. The number of rotatable bonds is 3. The number of morpholine rings is 1. The summed E-state index contributed by atoms with van der Waals surface area (Å²) in [5, 5.41) is 3.77. The summed E-state index contributed by atoms with van der Waals surface area (Å²) >= 11 is 1.31. The number of aromatic nitrogens is 1. The van der Waals surface area contributed by atoms with E-state index in [1.54, 1.807) is 4.90 Å². The van der Waals surface area contributed by atoms with E-state index in [0.29, 0.717) is 35.5 Å². The largest absolute Gasteiger partial charge is 0.382 e. The number of nitrogens with two attached hydrogens (primary N) is 1. The number of anilines is 2. The van der Waals surface area contributed by atoms with Gasteiger partial charge >= 0.3 is 0 Å². The molecule has 1 amide bonds. The number of thiazole rings is 1. The maximum absolute atomic E-state index is 12.5. The summed E-state index contributed by atoms with van der Waals surface area (Å²) in [4.78, 5) is 18.9. The third-order valence-electron chi connectivity index (χ3n) is 2.89. The van der Waals surface area contributed by atoms with Crippen molar-refractivity contribution >= 4 is 28.2 Å². The van der Waals surface area contributed by atoms with Gasteiger partial charge in [0.05, 0.1) is 12.2 Å². The number of nitrogens with one attached hydrogen (secondary N) is 1. The van der Waals surface area contributed by atoms with Crippen LogP contribution in [0.3, 0.4) is 0 Å². The third kappa shape index (κ3) is 3.16. The van der Waals surface area contributed by atoms with Crippen molar-refractivity contribution in [2.24, 2.45) is 0 Å². The fourth-order valence-corrected chi connectivity index (χ4v) is 2.97. The molecule has 3 N–H and O–H groups in total. The molecule has 106 valence electrons. The highest BCUT2D eigenvalue weighted by Gasteiger charge is 2.32. The van der Waals surface area contributed by atoms with Crippen molar-refractivity contribution in [1.29, 1.82) is 0 Å². The van der Waals surface area contributed by atoms with Gasteiger partial charge < -0.3 is 20.7 Å². The van der Waals surface area contributed by atoms with Crippen LogP contribution in [0, 0.1) is 0 Å². The molecule has 19 heavy (non-hydrogen) atoms. The lowest BCUT2D eigenvalue weighted by Crippen LogP contribution is -2.50. The van der Waals surface area contributed by atoms with Crippen molar-refractivity contribution in [3.63, 3.8) is 0 Å². The predicted molar refractivity (Wildman–Crippen MR) is 76.6 cm³/mol. The van der Waals surface area contributed by atoms with E-state index in [2.05, 4.69) is 10.3 Å². The van der Waals surface area contributed by atoms with Crippen LogP contribution in [0.4, 0.5) is 10.9 Å². The Balaban J connectivity index is 2.15. The molecule has 0 atom stereocenters. The molecular formula is C12H20N4O2S. The summed E-state index contributed by atoms with van der Waals surface area (Å²) in [6, 6.07) is 0. The Morgan fingerprint density at radius 1 is 1.63 bits per heavy atom. The van der Waals surface area contributed by atoms with Crippen molar-refractivity contribution in [2.75, 3.05) is 37.3 Å². The molecule has 0 aromatic carbocycles. The zero-order valence-corrected chi connectivity index (χ0v) is 12.3. The van der Waals surface area contributed by atoms with E-state index in [0.717, 1.165) is 6.54 Å². The first kappa shape index (κ1) is 14.1. The summed E-state index contributed by atoms with van der Waals surface area (Å²) < 4.78 is 5.61. The summed E-state index contributed by atoms with van der Waals surface area (Å²) in [5.74, 6) is 0.241. The highest BCUT2D eigenvalue weighted by atomic mass is 32.1. The van der Waals surface area contributed by atoms with Gasteiger partial charge in [0.25, 0.3) is 5.91 Å². The molecule has 1 aliphatic rings. The molecule has 2 rings (SSSR count). The average Bonchev–Trinajstić information content (AvgIpc) is 2.68. The van der Waals surface area contributed by atoms with Crippen LogP contribution in [0.25, 0.3) is 0 Å². The van der Waals surface area contributed by atoms with Gasteiger partial charge in [-0.05, 0) is 20.8 Å². The van der Waals surface area contributed by atoms with E-state index < -0.39 is 0 Å². The number of hydrogen-bond acceptors (Lipinski definition) is 6. The van der Waals surface area contributed by atoms with Crippen LogP contribution in [-0.2, 0) is 4.74 Å². The lowest BCUT2D eigenvalue weighted by atomic mass is 10.1. The van der Waals surface area contributed by atoms with Gasteiger partial charge in [0.1, 0.15) is 10.7 Å². The Labute approximate surface area is 116 Å². The van der Waals surface area contributed by atoms with Crippen LogP contribution in [0.2, 0.25) is 0 Å². The summed E-state index contributed by atoms with van der Waals surface area (Å²) in [5.41, 5.74) is 5.52. The van der Waals surface area contributed by atoms with Gasteiger partial charge in [0.2, 0.25) is 0 Å². The first-order valence-corrected chi connectivity index (χ1v) is 7.18. The molecule has 0 spiro atoms. The van der Waals surface area contributed by atoms with E-state index in [1.807, 2.05) is 20.8 Å². The third-order valence-corrected chi connectivity index (χ3v) is 3.91. The molecule has 1 aromatic heterocycles. The minimum atomic E-state index is -0.308. The van der Waals surface area contributed by atoms with Crippen LogP contribution in [0.5, 0.6) is 0 Å². The molecule has 0 unspecified atom stereocenters. The maximum Gasteiger partial charge on any atom is 0.268 e. The van der Waals surface area contributed by atoms with Gasteiger partial charge in [-0.25, -0.2) is 4.98 Å². The minimum absolute atomic E-state index is 0.0597. The monoisotopic (exact) mass is 284 g/mol. The fraction of sp³-hybridized carbons (Fsp3) is 0.667. The Bertz CT molecular complexity index is 472. The number of carbonyl (C=O) groups excluding carboxylic acids is 1. The molecule has 7 heteroatoms. The van der Waals surface area contributed by atoms with Crippen LogP contribution in [-0.4, -0.2) is 47.6 Å². The molecule has 1 fully saturated rings.